The summed E-state index contributed by atoms with van der Waals surface area (Å²) in [5, 5.41) is 3.23. The minimum absolute atomic E-state index is 0.243. The highest BCUT2D eigenvalue weighted by Crippen LogP contribution is 2.19. The molecule has 132 valence electrons. The standard InChI is InChI=1S/C18H23N5O2/c1-3-25-18(24)23-11-9-22(10-12-23)16-13-14(2)19-17(21-16)20-15-7-5-4-6-8-15/h4-8,13H,3,9-12H2,1-2H3,(H,19,20,21). The monoisotopic (exact) mass is 341 g/mol. The molecule has 7 nitrogen and oxygen atoms in total. The third-order valence-corrected chi connectivity index (χ3v) is 4.00. The lowest BCUT2D eigenvalue weighted by atomic mass is 10.3. The normalized spacial score (nSPS) is 14.3. The number of nitrogens with zero attached hydrogens (tertiary/aromatic N) is 4. The fourth-order valence-corrected chi connectivity index (χ4v) is 2.75. The van der Waals surface area contributed by atoms with Crippen LogP contribution in [0, 0.1) is 6.92 Å². The number of benzene rings is 1. The fraction of sp³-hybridized carbons (Fsp3) is 0.389. The highest BCUT2D eigenvalue weighted by molar-refractivity contribution is 5.68. The second kappa shape index (κ2) is 7.83. The smallest absolute Gasteiger partial charge is 0.409 e. The van der Waals surface area contributed by atoms with Crippen LogP contribution in [-0.2, 0) is 4.74 Å². The first-order chi connectivity index (χ1) is 12.2. The maximum Gasteiger partial charge on any atom is 0.409 e. The summed E-state index contributed by atoms with van der Waals surface area (Å²) < 4.78 is 5.06. The summed E-state index contributed by atoms with van der Waals surface area (Å²) >= 11 is 0. The quantitative estimate of drug-likeness (QED) is 0.922. The van der Waals surface area contributed by atoms with Crippen LogP contribution in [0.25, 0.3) is 0 Å². The van der Waals surface area contributed by atoms with E-state index in [1.165, 1.54) is 0 Å². The number of hydrogen-bond donors (Lipinski definition) is 1. The molecule has 0 bridgehead atoms. The number of aromatic nitrogens is 2. The fourth-order valence-electron chi connectivity index (χ4n) is 2.75. The van der Waals surface area contributed by atoms with Crippen molar-refractivity contribution < 1.29 is 9.53 Å². The Bertz CT molecular complexity index is 715. The Morgan fingerprint density at radius 1 is 1.16 bits per heavy atom. The summed E-state index contributed by atoms with van der Waals surface area (Å²) in [5.41, 5.74) is 1.85. The molecule has 1 fully saturated rings. The number of ether oxygens (including phenoxy) is 1. The first kappa shape index (κ1) is 17.0. The maximum atomic E-state index is 11.8. The van der Waals surface area contributed by atoms with Gasteiger partial charge in [-0.1, -0.05) is 18.2 Å². The first-order valence-corrected chi connectivity index (χ1v) is 8.50. The van der Waals surface area contributed by atoms with Crippen LogP contribution in [0.5, 0.6) is 0 Å². The van der Waals surface area contributed by atoms with Crippen LogP contribution in [0.15, 0.2) is 36.4 Å². The lowest BCUT2D eigenvalue weighted by Crippen LogP contribution is -2.49. The minimum Gasteiger partial charge on any atom is -0.450 e. The van der Waals surface area contributed by atoms with Crippen molar-refractivity contribution in [2.24, 2.45) is 0 Å². The zero-order valence-electron chi connectivity index (χ0n) is 14.6. The highest BCUT2D eigenvalue weighted by Gasteiger charge is 2.23. The molecule has 2 heterocycles. The number of para-hydroxylation sites is 1. The van der Waals surface area contributed by atoms with Crippen LogP contribution in [0.4, 0.5) is 22.2 Å². The van der Waals surface area contributed by atoms with Crippen molar-refractivity contribution in [1.29, 1.82) is 0 Å². The van der Waals surface area contributed by atoms with Gasteiger partial charge < -0.3 is 19.9 Å². The molecular formula is C18H23N5O2. The highest BCUT2D eigenvalue weighted by atomic mass is 16.6. The second-order valence-electron chi connectivity index (χ2n) is 5.86. The van der Waals surface area contributed by atoms with E-state index in [9.17, 15) is 4.79 Å². The Morgan fingerprint density at radius 3 is 2.56 bits per heavy atom. The molecule has 0 saturated carbocycles. The molecular weight excluding hydrogens is 318 g/mol. The van der Waals surface area contributed by atoms with Crippen LogP contribution < -0.4 is 10.2 Å². The zero-order chi connectivity index (χ0) is 17.6. The van der Waals surface area contributed by atoms with Gasteiger partial charge in [0.25, 0.3) is 0 Å². The van der Waals surface area contributed by atoms with Crippen LogP contribution in [0.2, 0.25) is 0 Å². The molecule has 7 heteroatoms. The average molecular weight is 341 g/mol. The molecule has 1 aromatic heterocycles. The topological polar surface area (TPSA) is 70.6 Å². The van der Waals surface area contributed by atoms with E-state index in [0.717, 1.165) is 30.3 Å². The van der Waals surface area contributed by atoms with Crippen molar-refractivity contribution in [3.05, 3.63) is 42.1 Å². The molecule has 3 rings (SSSR count). The average Bonchev–Trinajstić information content (AvgIpc) is 2.62. The third-order valence-electron chi connectivity index (χ3n) is 4.00. The van der Waals surface area contributed by atoms with Gasteiger partial charge in [0, 0.05) is 43.6 Å². The molecule has 1 aliphatic heterocycles. The van der Waals surface area contributed by atoms with E-state index in [-0.39, 0.29) is 6.09 Å². The number of piperazine rings is 1. The Kier molecular flexibility index (Phi) is 5.33. The van der Waals surface area contributed by atoms with E-state index in [2.05, 4.69) is 20.2 Å². The number of amides is 1. The molecule has 1 aromatic carbocycles. The second-order valence-corrected chi connectivity index (χ2v) is 5.86. The molecule has 0 unspecified atom stereocenters. The van der Waals surface area contributed by atoms with Gasteiger partial charge in [-0.15, -0.1) is 0 Å². The Morgan fingerprint density at radius 2 is 1.88 bits per heavy atom. The van der Waals surface area contributed by atoms with E-state index >= 15 is 0 Å². The number of nitrogens with one attached hydrogen (secondary N) is 1. The van der Waals surface area contributed by atoms with Gasteiger partial charge in [-0.2, -0.15) is 4.98 Å². The molecule has 25 heavy (non-hydrogen) atoms. The number of aryl methyl sites for hydroxylation is 1. The number of anilines is 3. The number of hydrogen-bond acceptors (Lipinski definition) is 6. The molecule has 1 saturated heterocycles. The molecule has 0 radical (unpaired) electrons. The summed E-state index contributed by atoms with van der Waals surface area (Å²) in [6.45, 7) is 6.88. The number of carbonyl (C=O) groups excluding carboxylic acids is 1. The van der Waals surface area contributed by atoms with Gasteiger partial charge in [-0.3, -0.25) is 0 Å². The van der Waals surface area contributed by atoms with Crippen molar-refractivity contribution in [1.82, 2.24) is 14.9 Å². The molecule has 1 amide bonds. The van der Waals surface area contributed by atoms with Gasteiger partial charge in [0.15, 0.2) is 0 Å². The molecule has 1 N–H and O–H groups in total. The van der Waals surface area contributed by atoms with Gasteiger partial charge in [0.1, 0.15) is 5.82 Å². The van der Waals surface area contributed by atoms with E-state index in [1.54, 1.807) is 4.90 Å². The number of carbonyl (C=O) groups is 1. The lowest BCUT2D eigenvalue weighted by Gasteiger charge is -2.34. The van der Waals surface area contributed by atoms with Gasteiger partial charge >= 0.3 is 6.09 Å². The molecule has 1 aliphatic rings. The van der Waals surface area contributed by atoms with Crippen molar-refractivity contribution in [2.45, 2.75) is 13.8 Å². The largest absolute Gasteiger partial charge is 0.450 e. The minimum atomic E-state index is -0.243. The van der Waals surface area contributed by atoms with Crippen LogP contribution >= 0.6 is 0 Å². The predicted octanol–water partition coefficient (Wildman–Crippen LogP) is 2.81. The maximum absolute atomic E-state index is 11.8. The predicted molar refractivity (Wildman–Crippen MR) is 97.3 cm³/mol. The van der Waals surface area contributed by atoms with Gasteiger partial charge in [0.2, 0.25) is 5.95 Å². The summed E-state index contributed by atoms with van der Waals surface area (Å²) in [7, 11) is 0. The number of rotatable bonds is 4. The van der Waals surface area contributed by atoms with E-state index in [0.29, 0.717) is 25.6 Å². The Hall–Kier alpha value is -2.83. The summed E-state index contributed by atoms with van der Waals surface area (Å²) in [6.07, 6.45) is -0.243. The molecule has 0 spiro atoms. The van der Waals surface area contributed by atoms with Crippen LogP contribution in [0.1, 0.15) is 12.6 Å². The lowest BCUT2D eigenvalue weighted by molar-refractivity contribution is 0.105. The molecule has 2 aromatic rings. The van der Waals surface area contributed by atoms with Crippen molar-refractivity contribution in [3.63, 3.8) is 0 Å². The van der Waals surface area contributed by atoms with Gasteiger partial charge in [-0.05, 0) is 26.0 Å². The zero-order valence-corrected chi connectivity index (χ0v) is 14.6. The van der Waals surface area contributed by atoms with E-state index < -0.39 is 0 Å². The van der Waals surface area contributed by atoms with Crippen molar-refractivity contribution >= 4 is 23.5 Å². The SMILES string of the molecule is CCOC(=O)N1CCN(c2cc(C)nc(Nc3ccccc3)n2)CC1. The molecule has 0 atom stereocenters. The van der Waals surface area contributed by atoms with Crippen LogP contribution in [-0.4, -0.2) is 53.7 Å². The van der Waals surface area contributed by atoms with Gasteiger partial charge in [0.05, 0.1) is 6.61 Å². The first-order valence-electron chi connectivity index (χ1n) is 8.50. The van der Waals surface area contributed by atoms with E-state index in [4.69, 9.17) is 4.74 Å². The van der Waals surface area contributed by atoms with E-state index in [1.807, 2.05) is 50.2 Å². The Balaban J connectivity index is 1.68. The summed E-state index contributed by atoms with van der Waals surface area (Å²) in [6, 6.07) is 11.8. The van der Waals surface area contributed by atoms with Crippen molar-refractivity contribution in [2.75, 3.05) is 43.0 Å². The Labute approximate surface area is 147 Å². The van der Waals surface area contributed by atoms with Crippen LogP contribution in [0.3, 0.4) is 0 Å². The van der Waals surface area contributed by atoms with Gasteiger partial charge in [-0.25, -0.2) is 9.78 Å². The summed E-state index contributed by atoms with van der Waals surface area (Å²) in [4.78, 5) is 24.8. The van der Waals surface area contributed by atoms with Crippen molar-refractivity contribution in [3.8, 4) is 0 Å². The third kappa shape index (κ3) is 4.37. The summed E-state index contributed by atoms with van der Waals surface area (Å²) in [5.74, 6) is 1.45. The molecule has 0 aliphatic carbocycles.